The van der Waals surface area contributed by atoms with Crippen molar-refractivity contribution in [3.63, 3.8) is 0 Å². The highest BCUT2D eigenvalue weighted by atomic mass is 35.5. The molecule has 0 aromatic heterocycles. The first-order valence-corrected chi connectivity index (χ1v) is 8.61. The largest absolute Gasteiger partial charge is 0.457 e. The SMILES string of the molecule is CC(C)(Cl)[C@@H]1CC(=O)O[C@H]1OCc1cccc(Oc2ccccc2)c1. The molecule has 0 radical (unpaired) electrons. The topological polar surface area (TPSA) is 44.8 Å². The second-order valence-corrected chi connectivity index (χ2v) is 7.58. The molecule has 0 unspecified atom stereocenters. The zero-order valence-electron chi connectivity index (χ0n) is 14.3. The standard InChI is InChI=1S/C20H21ClO4/c1-20(2,21)17-12-18(22)25-19(17)23-13-14-7-6-10-16(11-14)24-15-8-4-3-5-9-15/h3-11,17,19H,12-13H2,1-2H3/t17-,19-/m1/s1. The molecule has 2 aromatic rings. The number of cyclic esters (lactones) is 1. The maximum Gasteiger partial charge on any atom is 0.308 e. The molecule has 5 heteroatoms. The summed E-state index contributed by atoms with van der Waals surface area (Å²) in [4.78, 5) is 11.0. The molecule has 2 aromatic carbocycles. The summed E-state index contributed by atoms with van der Waals surface area (Å²) in [6, 6.07) is 17.2. The minimum Gasteiger partial charge on any atom is -0.457 e. The summed E-state index contributed by atoms with van der Waals surface area (Å²) in [6.45, 7) is 4.05. The molecule has 0 spiro atoms. The van der Waals surface area contributed by atoms with Crippen molar-refractivity contribution in [2.75, 3.05) is 0 Å². The third-order valence-electron chi connectivity index (χ3n) is 4.14. The zero-order valence-corrected chi connectivity index (χ0v) is 15.0. The Balaban J connectivity index is 1.63. The van der Waals surface area contributed by atoms with E-state index in [1.807, 2.05) is 68.4 Å². The van der Waals surface area contributed by atoms with Gasteiger partial charge in [0.1, 0.15) is 11.5 Å². The summed E-state index contributed by atoms with van der Waals surface area (Å²) >= 11 is 6.36. The third kappa shape index (κ3) is 4.74. The summed E-state index contributed by atoms with van der Waals surface area (Å²) in [5.74, 6) is 1.05. The molecule has 1 saturated heterocycles. The highest BCUT2D eigenvalue weighted by Gasteiger charge is 2.44. The maximum atomic E-state index is 11.6. The summed E-state index contributed by atoms with van der Waals surface area (Å²) in [5, 5.41) is 0. The molecule has 0 aliphatic carbocycles. The molecule has 1 aliphatic heterocycles. The summed E-state index contributed by atoms with van der Waals surface area (Å²) in [5.41, 5.74) is 0.933. The number of esters is 1. The van der Waals surface area contributed by atoms with Crippen molar-refractivity contribution in [3.8, 4) is 11.5 Å². The van der Waals surface area contributed by atoms with Crippen LogP contribution in [0.25, 0.3) is 0 Å². The van der Waals surface area contributed by atoms with Crippen LogP contribution in [-0.2, 0) is 20.9 Å². The van der Waals surface area contributed by atoms with Crippen LogP contribution in [0.2, 0.25) is 0 Å². The van der Waals surface area contributed by atoms with Gasteiger partial charge < -0.3 is 14.2 Å². The van der Waals surface area contributed by atoms with E-state index in [9.17, 15) is 4.79 Å². The molecule has 0 bridgehead atoms. The molecule has 3 rings (SSSR count). The van der Waals surface area contributed by atoms with Gasteiger partial charge in [0, 0.05) is 4.87 Å². The normalized spacial score (nSPS) is 20.4. The van der Waals surface area contributed by atoms with Gasteiger partial charge in [0.15, 0.2) is 0 Å². The monoisotopic (exact) mass is 360 g/mol. The second kappa shape index (κ2) is 7.46. The number of hydrogen-bond donors (Lipinski definition) is 0. The Hall–Kier alpha value is -2.04. The number of alkyl halides is 1. The molecule has 25 heavy (non-hydrogen) atoms. The first-order chi connectivity index (χ1) is 11.9. The van der Waals surface area contributed by atoms with Gasteiger partial charge in [-0.2, -0.15) is 0 Å². The van der Waals surface area contributed by atoms with E-state index in [2.05, 4.69) is 0 Å². The van der Waals surface area contributed by atoms with Gasteiger partial charge >= 0.3 is 5.97 Å². The molecule has 2 atom stereocenters. The van der Waals surface area contributed by atoms with Crippen LogP contribution in [0.1, 0.15) is 25.8 Å². The Bertz CT molecular complexity index is 724. The molecule has 1 aliphatic rings. The Labute approximate surface area is 152 Å². The predicted molar refractivity (Wildman–Crippen MR) is 95.7 cm³/mol. The highest BCUT2D eigenvalue weighted by molar-refractivity contribution is 6.23. The lowest BCUT2D eigenvalue weighted by Gasteiger charge is -2.27. The van der Waals surface area contributed by atoms with E-state index in [-0.39, 0.29) is 18.3 Å². The summed E-state index contributed by atoms with van der Waals surface area (Å²) in [6.07, 6.45) is -0.350. The van der Waals surface area contributed by atoms with E-state index >= 15 is 0 Å². The van der Waals surface area contributed by atoms with Gasteiger partial charge in [0.25, 0.3) is 0 Å². The lowest BCUT2D eigenvalue weighted by atomic mass is 9.93. The van der Waals surface area contributed by atoms with Crippen molar-refractivity contribution in [1.29, 1.82) is 0 Å². The fraction of sp³-hybridized carbons (Fsp3) is 0.350. The zero-order chi connectivity index (χ0) is 17.9. The van der Waals surface area contributed by atoms with Gasteiger partial charge in [0.2, 0.25) is 6.29 Å². The number of hydrogen-bond acceptors (Lipinski definition) is 4. The Morgan fingerprint density at radius 3 is 2.56 bits per heavy atom. The number of para-hydroxylation sites is 1. The summed E-state index contributed by atoms with van der Waals surface area (Å²) in [7, 11) is 0. The van der Waals surface area contributed by atoms with Crippen LogP contribution in [0.5, 0.6) is 11.5 Å². The molecular formula is C20H21ClO4. The van der Waals surface area contributed by atoms with E-state index in [4.69, 9.17) is 25.8 Å². The van der Waals surface area contributed by atoms with Crippen LogP contribution in [0.3, 0.4) is 0 Å². The minimum atomic E-state index is -0.626. The van der Waals surface area contributed by atoms with Crippen molar-refractivity contribution in [2.24, 2.45) is 5.92 Å². The highest BCUT2D eigenvalue weighted by Crippen LogP contribution is 2.37. The number of carbonyl (C=O) groups excluding carboxylic acids is 1. The third-order valence-corrected chi connectivity index (χ3v) is 4.42. The first-order valence-electron chi connectivity index (χ1n) is 8.23. The quantitative estimate of drug-likeness (QED) is 0.542. The van der Waals surface area contributed by atoms with Gasteiger partial charge in [-0.1, -0.05) is 30.3 Å². The summed E-state index contributed by atoms with van der Waals surface area (Å²) < 4.78 is 16.9. The Morgan fingerprint density at radius 2 is 1.84 bits per heavy atom. The van der Waals surface area contributed by atoms with Crippen LogP contribution in [-0.4, -0.2) is 17.1 Å². The van der Waals surface area contributed by atoms with Crippen molar-refractivity contribution in [1.82, 2.24) is 0 Å². The number of rotatable bonds is 6. The van der Waals surface area contributed by atoms with Gasteiger partial charge in [0.05, 0.1) is 18.9 Å². The van der Waals surface area contributed by atoms with Crippen molar-refractivity contribution >= 4 is 17.6 Å². The van der Waals surface area contributed by atoms with E-state index in [1.54, 1.807) is 0 Å². The molecular weight excluding hydrogens is 340 g/mol. The lowest BCUT2D eigenvalue weighted by Crippen LogP contribution is -2.33. The van der Waals surface area contributed by atoms with E-state index in [1.165, 1.54) is 0 Å². The molecule has 0 amide bonds. The van der Waals surface area contributed by atoms with Crippen molar-refractivity contribution in [3.05, 3.63) is 60.2 Å². The van der Waals surface area contributed by atoms with Crippen LogP contribution in [0.15, 0.2) is 54.6 Å². The van der Waals surface area contributed by atoms with Gasteiger partial charge in [-0.3, -0.25) is 4.79 Å². The second-order valence-electron chi connectivity index (χ2n) is 6.61. The Kier molecular flexibility index (Phi) is 5.30. The van der Waals surface area contributed by atoms with Crippen molar-refractivity contribution in [2.45, 2.75) is 38.0 Å². The molecule has 0 saturated carbocycles. The molecule has 1 heterocycles. The van der Waals surface area contributed by atoms with E-state index in [0.29, 0.717) is 6.61 Å². The smallest absolute Gasteiger partial charge is 0.308 e. The first kappa shape index (κ1) is 17.8. The predicted octanol–water partition coefficient (Wildman–Crippen LogP) is 4.90. The average molecular weight is 361 g/mol. The molecule has 4 nitrogen and oxygen atoms in total. The van der Waals surface area contributed by atoms with Crippen LogP contribution in [0, 0.1) is 5.92 Å². The van der Waals surface area contributed by atoms with Gasteiger partial charge in [-0.05, 0) is 43.7 Å². The van der Waals surface area contributed by atoms with Gasteiger partial charge in [-0.15, -0.1) is 11.6 Å². The van der Waals surface area contributed by atoms with Crippen molar-refractivity contribution < 1.29 is 19.0 Å². The van der Waals surface area contributed by atoms with E-state index in [0.717, 1.165) is 17.1 Å². The Morgan fingerprint density at radius 1 is 1.12 bits per heavy atom. The fourth-order valence-electron chi connectivity index (χ4n) is 2.75. The number of halogens is 1. The van der Waals surface area contributed by atoms with Crippen LogP contribution in [0.4, 0.5) is 0 Å². The number of carbonyl (C=O) groups is 1. The maximum absolute atomic E-state index is 11.6. The fourth-order valence-corrected chi connectivity index (χ4v) is 2.93. The molecule has 132 valence electrons. The number of ether oxygens (including phenoxy) is 3. The molecule has 0 N–H and O–H groups in total. The minimum absolute atomic E-state index is 0.176. The van der Waals surface area contributed by atoms with Gasteiger partial charge in [-0.25, -0.2) is 0 Å². The number of benzene rings is 2. The van der Waals surface area contributed by atoms with E-state index < -0.39 is 11.2 Å². The van der Waals surface area contributed by atoms with Crippen LogP contribution >= 0.6 is 11.6 Å². The lowest BCUT2D eigenvalue weighted by molar-refractivity contribution is -0.171. The molecule has 1 fully saturated rings. The van der Waals surface area contributed by atoms with Crippen LogP contribution < -0.4 is 4.74 Å². The average Bonchev–Trinajstić information content (AvgIpc) is 2.96.